The normalized spacial score (nSPS) is 11.4. The van der Waals surface area contributed by atoms with Crippen LogP contribution in [0.15, 0.2) is 39.7 Å². The van der Waals surface area contributed by atoms with Crippen molar-refractivity contribution in [2.45, 2.75) is 18.7 Å². The minimum absolute atomic E-state index is 0.0131. The van der Waals surface area contributed by atoms with Gasteiger partial charge in [0.2, 0.25) is 0 Å². The third kappa shape index (κ3) is 6.16. The van der Waals surface area contributed by atoms with E-state index in [0.29, 0.717) is 39.0 Å². The monoisotopic (exact) mass is 520 g/mol. The molecule has 0 fully saturated rings. The summed E-state index contributed by atoms with van der Waals surface area (Å²) in [7, 11) is -0.993. The Hall–Kier alpha value is -1.68. The molecule has 0 aliphatic heterocycles. The number of ether oxygens (including phenoxy) is 3. The molecule has 1 N–H and O–H groups in total. The Morgan fingerprint density at radius 2 is 1.67 bits per heavy atom. The summed E-state index contributed by atoms with van der Waals surface area (Å²) in [5, 5.41) is 0.407. The highest BCUT2D eigenvalue weighted by molar-refractivity contribution is 9.10. The van der Waals surface area contributed by atoms with Crippen LogP contribution >= 0.6 is 27.5 Å². The van der Waals surface area contributed by atoms with Crippen molar-refractivity contribution in [3.63, 3.8) is 0 Å². The van der Waals surface area contributed by atoms with E-state index >= 15 is 0 Å². The maximum absolute atomic E-state index is 12.9. The highest BCUT2D eigenvalue weighted by Crippen LogP contribution is 2.36. The summed E-state index contributed by atoms with van der Waals surface area (Å²) in [5.74, 6) is 1.13. The Morgan fingerprint density at radius 3 is 2.27 bits per heavy atom. The summed E-state index contributed by atoms with van der Waals surface area (Å²) >= 11 is 9.49. The zero-order valence-electron chi connectivity index (χ0n) is 17.4. The number of nitrogens with one attached hydrogen (secondary N) is 1. The summed E-state index contributed by atoms with van der Waals surface area (Å²) in [6, 6.07) is 7.66. The number of likely N-dealkylation sites (N-methyl/N-ethyl adjacent to an activating group) is 1. The van der Waals surface area contributed by atoms with E-state index in [1.54, 1.807) is 18.2 Å². The van der Waals surface area contributed by atoms with Gasteiger partial charge in [0.1, 0.15) is 17.3 Å². The average Bonchev–Trinajstić information content (AvgIpc) is 2.72. The second-order valence-electron chi connectivity index (χ2n) is 6.26. The molecule has 0 bridgehead atoms. The van der Waals surface area contributed by atoms with E-state index in [-0.39, 0.29) is 4.90 Å². The average molecular weight is 522 g/mol. The van der Waals surface area contributed by atoms with Crippen molar-refractivity contribution >= 4 is 43.2 Å². The molecule has 0 atom stereocenters. The Morgan fingerprint density at radius 1 is 1.03 bits per heavy atom. The van der Waals surface area contributed by atoms with Gasteiger partial charge in [-0.25, -0.2) is 8.42 Å². The molecule has 166 valence electrons. The lowest BCUT2D eigenvalue weighted by Gasteiger charge is -2.18. The predicted molar refractivity (Wildman–Crippen MR) is 123 cm³/mol. The molecule has 2 aromatic rings. The van der Waals surface area contributed by atoms with Crippen LogP contribution in [0.25, 0.3) is 0 Å². The zero-order chi connectivity index (χ0) is 22.3. The second-order valence-corrected chi connectivity index (χ2v) is 9.18. The molecule has 0 radical (unpaired) electrons. The summed E-state index contributed by atoms with van der Waals surface area (Å²) < 4.78 is 45.0. The van der Waals surface area contributed by atoms with Crippen LogP contribution in [-0.4, -0.2) is 53.8 Å². The molecule has 0 aromatic heterocycles. The molecule has 0 aliphatic rings. The molecule has 0 spiro atoms. The van der Waals surface area contributed by atoms with Crippen LogP contribution in [0.1, 0.15) is 13.8 Å². The van der Waals surface area contributed by atoms with E-state index in [1.165, 1.54) is 26.4 Å². The molecule has 30 heavy (non-hydrogen) atoms. The van der Waals surface area contributed by atoms with Gasteiger partial charge in [-0.1, -0.05) is 25.4 Å². The van der Waals surface area contributed by atoms with Crippen LogP contribution in [0.2, 0.25) is 5.02 Å². The van der Waals surface area contributed by atoms with Crippen molar-refractivity contribution in [3.05, 3.63) is 39.8 Å². The molecule has 2 aromatic carbocycles. The Balaban J connectivity index is 2.23. The van der Waals surface area contributed by atoms with Gasteiger partial charge in [0, 0.05) is 23.2 Å². The summed E-state index contributed by atoms with van der Waals surface area (Å²) in [6.45, 7) is 7.20. The van der Waals surface area contributed by atoms with Crippen LogP contribution in [0.4, 0.5) is 5.69 Å². The van der Waals surface area contributed by atoms with E-state index in [2.05, 4.69) is 39.4 Å². The highest BCUT2D eigenvalue weighted by atomic mass is 79.9. The SMILES string of the molecule is CCN(CC)CCOc1cc(NS(=O)(=O)c2cc(OC)c(OC)cc2Br)ccc1Cl. The maximum atomic E-state index is 12.9. The lowest BCUT2D eigenvalue weighted by Crippen LogP contribution is -2.27. The molecule has 0 amide bonds. The van der Waals surface area contributed by atoms with E-state index in [0.717, 1.165) is 19.6 Å². The molecule has 7 nitrogen and oxygen atoms in total. The summed E-state index contributed by atoms with van der Waals surface area (Å²) in [5.41, 5.74) is 0.332. The molecule has 0 saturated carbocycles. The zero-order valence-corrected chi connectivity index (χ0v) is 20.5. The minimum Gasteiger partial charge on any atom is -0.493 e. The van der Waals surface area contributed by atoms with Gasteiger partial charge < -0.3 is 19.1 Å². The number of halogens is 2. The first kappa shape index (κ1) is 24.6. The highest BCUT2D eigenvalue weighted by Gasteiger charge is 2.22. The van der Waals surface area contributed by atoms with Crippen molar-refractivity contribution in [2.75, 3.05) is 45.2 Å². The fourth-order valence-corrected chi connectivity index (χ4v) is 5.01. The van der Waals surface area contributed by atoms with Gasteiger partial charge in [-0.2, -0.15) is 0 Å². The molecule has 0 saturated heterocycles. The lowest BCUT2D eigenvalue weighted by atomic mass is 10.3. The third-order valence-electron chi connectivity index (χ3n) is 4.47. The molecule has 0 unspecified atom stereocenters. The fraction of sp³-hybridized carbons (Fsp3) is 0.400. The van der Waals surface area contributed by atoms with Gasteiger partial charge in [-0.3, -0.25) is 4.72 Å². The van der Waals surface area contributed by atoms with Gasteiger partial charge in [0.15, 0.2) is 11.5 Å². The second kappa shape index (κ2) is 11.1. The molecular weight excluding hydrogens is 496 g/mol. The molecule has 2 rings (SSSR count). The van der Waals surface area contributed by atoms with Crippen LogP contribution < -0.4 is 18.9 Å². The summed E-state index contributed by atoms with van der Waals surface area (Å²) in [4.78, 5) is 2.23. The fourth-order valence-electron chi connectivity index (χ4n) is 2.75. The smallest absolute Gasteiger partial charge is 0.263 e. The first-order valence-corrected chi connectivity index (χ1v) is 12.0. The van der Waals surface area contributed by atoms with Crippen LogP contribution in [0, 0.1) is 0 Å². The number of sulfonamides is 1. The standard InChI is InChI=1S/C20H26BrClN2O5S/c1-5-24(6-2)9-10-29-17-11-14(7-8-16(17)22)23-30(25,26)20-13-19(28-4)18(27-3)12-15(20)21/h7-8,11-13,23H,5-6,9-10H2,1-4H3. The van der Waals surface area contributed by atoms with Gasteiger partial charge >= 0.3 is 0 Å². The van der Waals surface area contributed by atoms with E-state index in [9.17, 15) is 8.42 Å². The number of benzene rings is 2. The number of nitrogens with zero attached hydrogens (tertiary/aromatic N) is 1. The van der Waals surface area contributed by atoms with Crippen LogP contribution in [0.3, 0.4) is 0 Å². The minimum atomic E-state index is -3.91. The number of hydrogen-bond donors (Lipinski definition) is 1. The number of rotatable bonds is 11. The summed E-state index contributed by atoms with van der Waals surface area (Å²) in [6.07, 6.45) is 0. The van der Waals surface area contributed by atoms with Crippen molar-refractivity contribution < 1.29 is 22.6 Å². The predicted octanol–water partition coefficient (Wildman–Crippen LogP) is 4.64. The van der Waals surface area contributed by atoms with Gasteiger partial charge in [-0.15, -0.1) is 0 Å². The Kier molecular flexibility index (Phi) is 9.09. The largest absolute Gasteiger partial charge is 0.493 e. The van der Waals surface area contributed by atoms with E-state index < -0.39 is 10.0 Å². The number of anilines is 1. The van der Waals surface area contributed by atoms with E-state index in [4.69, 9.17) is 25.8 Å². The molecular formula is C20H26BrClN2O5S. The first-order chi connectivity index (χ1) is 14.2. The number of hydrogen-bond acceptors (Lipinski definition) is 6. The molecule has 0 aliphatic carbocycles. The maximum Gasteiger partial charge on any atom is 0.263 e. The number of methoxy groups -OCH3 is 2. The Bertz CT molecular complexity index is 968. The molecule has 10 heteroatoms. The van der Waals surface area contributed by atoms with Crippen molar-refractivity contribution in [1.82, 2.24) is 4.90 Å². The lowest BCUT2D eigenvalue weighted by molar-refractivity contribution is 0.223. The third-order valence-corrected chi connectivity index (χ3v) is 7.12. The first-order valence-electron chi connectivity index (χ1n) is 9.34. The van der Waals surface area contributed by atoms with Gasteiger partial charge in [-0.05, 0) is 47.2 Å². The topological polar surface area (TPSA) is 77.1 Å². The van der Waals surface area contributed by atoms with Crippen molar-refractivity contribution in [1.29, 1.82) is 0 Å². The van der Waals surface area contributed by atoms with Gasteiger partial charge in [0.05, 0.1) is 24.9 Å². The van der Waals surface area contributed by atoms with Gasteiger partial charge in [0.25, 0.3) is 10.0 Å². The van der Waals surface area contributed by atoms with E-state index in [1.807, 2.05) is 0 Å². The quantitative estimate of drug-likeness (QED) is 0.464. The van der Waals surface area contributed by atoms with Crippen LogP contribution in [0.5, 0.6) is 17.2 Å². The van der Waals surface area contributed by atoms with Crippen molar-refractivity contribution in [2.24, 2.45) is 0 Å². The molecule has 0 heterocycles. The Labute approximate surface area is 191 Å². The van der Waals surface area contributed by atoms with Crippen molar-refractivity contribution in [3.8, 4) is 17.2 Å². The van der Waals surface area contributed by atoms with Crippen LogP contribution in [-0.2, 0) is 10.0 Å².